The minimum Gasteiger partial charge on any atom is -0.457 e. The molecule has 0 aliphatic carbocycles. The Kier molecular flexibility index (Phi) is 6.70. The summed E-state index contributed by atoms with van der Waals surface area (Å²) in [7, 11) is 0. The summed E-state index contributed by atoms with van der Waals surface area (Å²) in [5, 5.41) is 3.20. The first-order chi connectivity index (χ1) is 17.5. The van der Waals surface area contributed by atoms with Crippen molar-refractivity contribution in [2.45, 2.75) is 19.3 Å². The summed E-state index contributed by atoms with van der Waals surface area (Å²) in [4.78, 5) is 27.3. The number of anilines is 3. The molecule has 1 aliphatic rings. The van der Waals surface area contributed by atoms with Gasteiger partial charge in [0.1, 0.15) is 28.8 Å². The number of rotatable bonds is 6. The number of pyridine rings is 1. The smallest absolute Gasteiger partial charge is 0.272 e. The molecule has 1 fully saturated rings. The number of hydrogen-bond donors (Lipinski definition) is 2. The van der Waals surface area contributed by atoms with Gasteiger partial charge in [-0.15, -0.1) is 0 Å². The summed E-state index contributed by atoms with van der Waals surface area (Å²) in [6.45, 7) is 1.53. The van der Waals surface area contributed by atoms with Crippen LogP contribution in [0.15, 0.2) is 72.9 Å². The van der Waals surface area contributed by atoms with Gasteiger partial charge in [0.2, 0.25) is 5.95 Å². The number of nitrogen functional groups attached to an aromatic ring is 1. The summed E-state index contributed by atoms with van der Waals surface area (Å²) in [5.41, 5.74) is 8.34. The van der Waals surface area contributed by atoms with E-state index in [1.165, 1.54) is 12.1 Å². The number of likely N-dealkylation sites (tertiary alicyclic amines) is 1. The lowest BCUT2D eigenvalue weighted by Gasteiger charge is -2.26. The Hall–Kier alpha value is -4.53. The van der Waals surface area contributed by atoms with Crippen molar-refractivity contribution in [2.24, 2.45) is 0 Å². The number of nitrogens with zero attached hydrogens (tertiary/aromatic N) is 4. The fourth-order valence-corrected chi connectivity index (χ4v) is 4.04. The largest absolute Gasteiger partial charge is 0.457 e. The number of carbonyl (C=O) groups excluding carboxylic acids is 1. The summed E-state index contributed by atoms with van der Waals surface area (Å²) in [5.74, 6) is 1.37. The molecule has 1 aliphatic heterocycles. The van der Waals surface area contributed by atoms with Gasteiger partial charge in [0.15, 0.2) is 0 Å². The van der Waals surface area contributed by atoms with Gasteiger partial charge in [0, 0.05) is 42.7 Å². The zero-order valence-electron chi connectivity index (χ0n) is 19.5. The number of aromatic nitrogens is 3. The van der Waals surface area contributed by atoms with Crippen LogP contribution in [-0.2, 0) is 0 Å². The Morgan fingerprint density at radius 3 is 2.42 bits per heavy atom. The Morgan fingerprint density at radius 1 is 0.917 bits per heavy atom. The maximum absolute atomic E-state index is 13.3. The molecule has 2 aromatic heterocycles. The monoisotopic (exact) mass is 484 g/mol. The zero-order chi connectivity index (χ0) is 24.9. The number of benzene rings is 2. The van der Waals surface area contributed by atoms with Crippen LogP contribution in [-0.4, -0.2) is 38.8 Å². The van der Waals surface area contributed by atoms with Crippen LogP contribution in [0.25, 0.3) is 11.3 Å². The van der Waals surface area contributed by atoms with E-state index in [1.807, 2.05) is 17.0 Å². The first kappa shape index (κ1) is 23.2. The highest BCUT2D eigenvalue weighted by Crippen LogP contribution is 2.27. The molecule has 2 aromatic carbocycles. The lowest BCUT2D eigenvalue weighted by Crippen LogP contribution is -2.36. The van der Waals surface area contributed by atoms with Crippen molar-refractivity contribution in [1.29, 1.82) is 0 Å². The molecular weight excluding hydrogens is 459 g/mol. The van der Waals surface area contributed by atoms with E-state index in [0.717, 1.165) is 43.6 Å². The second kappa shape index (κ2) is 10.4. The Morgan fingerprint density at radius 2 is 1.67 bits per heavy atom. The van der Waals surface area contributed by atoms with Crippen molar-refractivity contribution >= 4 is 23.4 Å². The molecule has 1 amide bonds. The van der Waals surface area contributed by atoms with Crippen molar-refractivity contribution in [3.63, 3.8) is 0 Å². The molecule has 1 saturated heterocycles. The second-order valence-corrected chi connectivity index (χ2v) is 8.48. The quantitative estimate of drug-likeness (QED) is 0.376. The molecule has 3 N–H and O–H groups in total. The SMILES string of the molecule is Nc1nc(Nc2ccc(Oc3ccnc(C(=O)N4CCCCC4)c3)cc2)cc(-c2ccc(F)cc2)n1. The molecule has 0 atom stereocenters. The number of carbonyl (C=O) groups is 1. The van der Waals surface area contributed by atoms with Crippen LogP contribution < -0.4 is 15.8 Å². The number of amides is 1. The number of hydrogen-bond acceptors (Lipinski definition) is 7. The molecule has 0 unspecified atom stereocenters. The second-order valence-electron chi connectivity index (χ2n) is 8.48. The standard InChI is InChI=1S/C27H25FN6O2/c28-19-6-4-18(5-7-19)23-17-25(33-27(29)32-23)31-20-8-10-21(11-9-20)36-22-12-13-30-24(16-22)26(35)34-14-2-1-3-15-34/h4-13,16-17H,1-3,14-15H2,(H3,29,31,32,33). The highest BCUT2D eigenvalue weighted by molar-refractivity contribution is 5.92. The number of nitrogens with two attached hydrogens (primary N) is 1. The maximum Gasteiger partial charge on any atom is 0.272 e. The van der Waals surface area contributed by atoms with Gasteiger partial charge in [-0.2, -0.15) is 4.98 Å². The van der Waals surface area contributed by atoms with Crippen molar-refractivity contribution < 1.29 is 13.9 Å². The van der Waals surface area contributed by atoms with E-state index in [9.17, 15) is 9.18 Å². The molecule has 0 spiro atoms. The highest BCUT2D eigenvalue weighted by Gasteiger charge is 2.19. The Balaban J connectivity index is 1.26. The summed E-state index contributed by atoms with van der Waals surface area (Å²) in [6.07, 6.45) is 4.79. The van der Waals surface area contributed by atoms with Gasteiger partial charge in [-0.05, 0) is 73.9 Å². The fraction of sp³-hybridized carbons (Fsp3) is 0.185. The lowest BCUT2D eigenvalue weighted by molar-refractivity contribution is 0.0718. The summed E-state index contributed by atoms with van der Waals surface area (Å²) >= 11 is 0. The molecular formula is C27H25FN6O2. The topological polar surface area (TPSA) is 106 Å². The normalized spacial score (nSPS) is 13.3. The number of ether oxygens (including phenoxy) is 1. The van der Waals surface area contributed by atoms with E-state index < -0.39 is 0 Å². The van der Waals surface area contributed by atoms with Crippen LogP contribution in [0.4, 0.5) is 21.8 Å². The molecule has 0 bridgehead atoms. The molecule has 8 nitrogen and oxygen atoms in total. The van der Waals surface area contributed by atoms with Gasteiger partial charge >= 0.3 is 0 Å². The first-order valence-corrected chi connectivity index (χ1v) is 11.7. The van der Waals surface area contributed by atoms with Crippen LogP contribution >= 0.6 is 0 Å². The molecule has 9 heteroatoms. The maximum atomic E-state index is 13.3. The average Bonchev–Trinajstić information content (AvgIpc) is 2.90. The number of piperidine rings is 1. The van der Waals surface area contributed by atoms with Gasteiger partial charge in [0.05, 0.1) is 5.69 Å². The van der Waals surface area contributed by atoms with E-state index in [1.54, 1.807) is 48.7 Å². The van der Waals surface area contributed by atoms with Crippen molar-refractivity contribution in [3.8, 4) is 22.8 Å². The van der Waals surface area contributed by atoms with Gasteiger partial charge < -0.3 is 20.7 Å². The molecule has 36 heavy (non-hydrogen) atoms. The zero-order valence-corrected chi connectivity index (χ0v) is 19.5. The first-order valence-electron chi connectivity index (χ1n) is 11.7. The van der Waals surface area contributed by atoms with Gasteiger partial charge in [-0.3, -0.25) is 9.78 Å². The highest BCUT2D eigenvalue weighted by atomic mass is 19.1. The van der Waals surface area contributed by atoms with Gasteiger partial charge in [0.25, 0.3) is 5.91 Å². The third-order valence-corrected chi connectivity index (χ3v) is 5.84. The average molecular weight is 485 g/mol. The Labute approximate surface area is 208 Å². The number of halogens is 1. The molecule has 4 aromatic rings. The van der Waals surface area contributed by atoms with Crippen molar-refractivity contribution in [3.05, 3.63) is 84.4 Å². The van der Waals surface area contributed by atoms with E-state index in [2.05, 4.69) is 20.3 Å². The van der Waals surface area contributed by atoms with Crippen molar-refractivity contribution in [2.75, 3.05) is 24.1 Å². The van der Waals surface area contributed by atoms with Crippen LogP contribution in [0.5, 0.6) is 11.5 Å². The van der Waals surface area contributed by atoms with Crippen LogP contribution in [0.2, 0.25) is 0 Å². The van der Waals surface area contributed by atoms with E-state index >= 15 is 0 Å². The summed E-state index contributed by atoms with van der Waals surface area (Å²) < 4.78 is 19.2. The van der Waals surface area contributed by atoms with Crippen LogP contribution in [0.3, 0.4) is 0 Å². The van der Waals surface area contributed by atoms with Gasteiger partial charge in [-0.25, -0.2) is 9.37 Å². The molecule has 3 heterocycles. The van der Waals surface area contributed by atoms with E-state index in [4.69, 9.17) is 10.5 Å². The fourth-order valence-electron chi connectivity index (χ4n) is 4.04. The Bertz CT molecular complexity index is 1360. The molecule has 182 valence electrons. The third kappa shape index (κ3) is 5.57. The number of nitrogens with one attached hydrogen (secondary N) is 1. The van der Waals surface area contributed by atoms with Crippen molar-refractivity contribution in [1.82, 2.24) is 19.9 Å². The van der Waals surface area contributed by atoms with Crippen LogP contribution in [0, 0.1) is 5.82 Å². The van der Waals surface area contributed by atoms with Gasteiger partial charge in [-0.1, -0.05) is 0 Å². The minimum atomic E-state index is -0.321. The minimum absolute atomic E-state index is 0.0659. The van der Waals surface area contributed by atoms with E-state index in [-0.39, 0.29) is 17.7 Å². The predicted octanol–water partition coefficient (Wildman–Crippen LogP) is 5.42. The lowest BCUT2D eigenvalue weighted by atomic mass is 10.1. The third-order valence-electron chi connectivity index (χ3n) is 5.84. The summed E-state index contributed by atoms with van der Waals surface area (Å²) in [6, 6.07) is 18.4. The van der Waals surface area contributed by atoms with E-state index in [0.29, 0.717) is 28.7 Å². The molecule has 0 saturated carbocycles. The predicted molar refractivity (Wildman–Crippen MR) is 136 cm³/mol. The van der Waals surface area contributed by atoms with Crippen LogP contribution in [0.1, 0.15) is 29.8 Å². The molecule has 5 rings (SSSR count). The molecule has 0 radical (unpaired) electrons.